The summed E-state index contributed by atoms with van der Waals surface area (Å²) < 4.78 is 5.05. The van der Waals surface area contributed by atoms with Crippen LogP contribution in [0.2, 0.25) is 0 Å². The number of epoxide rings is 1. The molecule has 1 aliphatic heterocycles. The van der Waals surface area contributed by atoms with Crippen molar-refractivity contribution in [2.45, 2.75) is 51.3 Å². The first kappa shape index (κ1) is 21.3. The van der Waals surface area contributed by atoms with Crippen molar-refractivity contribution < 1.29 is 29.3 Å². The first-order valence-corrected chi connectivity index (χ1v) is 8.29. The Kier molecular flexibility index (Phi) is 7.72. The standard InChI is InChI=1S/C17H28N2O6/c1-10(2)5-12(15(23)17(8-21)9-25-17)19-16(24)13(7-20)18-14(22)6-11(3)4/h11-13,20-21H,1,5-9H2,2-4H3,(H,18,22)(H,19,24). The van der Waals surface area contributed by atoms with Gasteiger partial charge in [-0.05, 0) is 19.3 Å². The Balaban J connectivity index is 2.76. The summed E-state index contributed by atoms with van der Waals surface area (Å²) >= 11 is 0. The van der Waals surface area contributed by atoms with Gasteiger partial charge in [-0.1, -0.05) is 19.4 Å². The van der Waals surface area contributed by atoms with Crippen LogP contribution in [-0.4, -0.2) is 65.3 Å². The summed E-state index contributed by atoms with van der Waals surface area (Å²) in [4.78, 5) is 36.7. The summed E-state index contributed by atoms with van der Waals surface area (Å²) in [6.07, 6.45) is 0.396. The molecule has 1 fully saturated rings. The van der Waals surface area contributed by atoms with Gasteiger partial charge in [0, 0.05) is 6.42 Å². The first-order valence-electron chi connectivity index (χ1n) is 8.29. The van der Waals surface area contributed by atoms with Gasteiger partial charge in [-0.25, -0.2) is 0 Å². The second kappa shape index (κ2) is 9.07. The van der Waals surface area contributed by atoms with E-state index in [1.807, 2.05) is 13.8 Å². The summed E-state index contributed by atoms with van der Waals surface area (Å²) in [6, 6.07) is -2.10. The molecule has 4 N–H and O–H groups in total. The minimum atomic E-state index is -1.27. The molecule has 0 spiro atoms. The Labute approximate surface area is 147 Å². The van der Waals surface area contributed by atoms with E-state index in [1.165, 1.54) is 0 Å². The molecule has 0 bridgehead atoms. The SMILES string of the molecule is C=C(C)CC(NC(=O)C(CO)NC(=O)CC(C)C)C(=O)C1(CO)CO1. The van der Waals surface area contributed by atoms with Crippen molar-refractivity contribution in [1.29, 1.82) is 0 Å². The molecule has 25 heavy (non-hydrogen) atoms. The third-order valence-electron chi connectivity index (χ3n) is 3.81. The number of carbonyl (C=O) groups excluding carboxylic acids is 3. The van der Waals surface area contributed by atoms with Crippen molar-refractivity contribution in [2.24, 2.45) is 5.92 Å². The summed E-state index contributed by atoms with van der Waals surface area (Å²) in [5.74, 6) is -1.37. The van der Waals surface area contributed by atoms with Gasteiger partial charge in [0.05, 0.1) is 25.9 Å². The van der Waals surface area contributed by atoms with E-state index in [4.69, 9.17) is 4.74 Å². The van der Waals surface area contributed by atoms with Crippen molar-refractivity contribution in [2.75, 3.05) is 19.8 Å². The number of aliphatic hydroxyl groups excluding tert-OH is 2. The van der Waals surface area contributed by atoms with E-state index in [0.717, 1.165) is 0 Å². The molecule has 3 atom stereocenters. The smallest absolute Gasteiger partial charge is 0.245 e. The van der Waals surface area contributed by atoms with E-state index in [0.29, 0.717) is 5.57 Å². The topological polar surface area (TPSA) is 128 Å². The Morgan fingerprint density at radius 1 is 1.16 bits per heavy atom. The number of hydrogen-bond acceptors (Lipinski definition) is 6. The van der Waals surface area contributed by atoms with E-state index in [1.54, 1.807) is 6.92 Å². The van der Waals surface area contributed by atoms with Crippen molar-refractivity contribution >= 4 is 17.6 Å². The molecule has 1 heterocycles. The molecule has 1 saturated heterocycles. The average Bonchev–Trinajstić information content (AvgIpc) is 3.31. The van der Waals surface area contributed by atoms with Gasteiger partial charge in [0.25, 0.3) is 0 Å². The van der Waals surface area contributed by atoms with Crippen LogP contribution in [0.5, 0.6) is 0 Å². The molecule has 3 unspecified atom stereocenters. The molecule has 8 heteroatoms. The second-order valence-corrected chi connectivity index (χ2v) is 6.93. The third-order valence-corrected chi connectivity index (χ3v) is 3.81. The lowest BCUT2D eigenvalue weighted by molar-refractivity contribution is -0.134. The number of hydrogen-bond donors (Lipinski definition) is 4. The minimum Gasteiger partial charge on any atom is -0.394 e. The lowest BCUT2D eigenvalue weighted by Gasteiger charge is -2.23. The summed E-state index contributed by atoms with van der Waals surface area (Å²) in [6.45, 7) is 8.20. The number of nitrogens with one attached hydrogen (secondary N) is 2. The molecule has 0 aromatic carbocycles. The molecule has 1 aliphatic rings. The van der Waals surface area contributed by atoms with Crippen LogP contribution >= 0.6 is 0 Å². The highest BCUT2D eigenvalue weighted by atomic mass is 16.6. The van der Waals surface area contributed by atoms with Gasteiger partial charge in [-0.15, -0.1) is 6.58 Å². The molecule has 0 aliphatic carbocycles. The fraction of sp³-hybridized carbons (Fsp3) is 0.706. The predicted octanol–water partition coefficient (Wildman–Crippen LogP) is -0.709. The van der Waals surface area contributed by atoms with Crippen LogP contribution in [0.1, 0.15) is 33.6 Å². The highest BCUT2D eigenvalue weighted by molar-refractivity contribution is 5.98. The van der Waals surface area contributed by atoms with Gasteiger partial charge in [-0.2, -0.15) is 0 Å². The number of rotatable bonds is 11. The third kappa shape index (κ3) is 6.22. The quantitative estimate of drug-likeness (QED) is 0.286. The zero-order valence-corrected chi connectivity index (χ0v) is 15.0. The van der Waals surface area contributed by atoms with Crippen LogP contribution in [0.4, 0.5) is 0 Å². The normalized spacial score (nSPS) is 21.4. The van der Waals surface area contributed by atoms with Crippen molar-refractivity contribution in [3.05, 3.63) is 12.2 Å². The zero-order valence-electron chi connectivity index (χ0n) is 15.0. The summed E-state index contributed by atoms with van der Waals surface area (Å²) in [7, 11) is 0. The fourth-order valence-electron chi connectivity index (χ4n) is 2.36. The van der Waals surface area contributed by atoms with E-state index in [9.17, 15) is 24.6 Å². The number of ketones is 1. The fourth-order valence-corrected chi connectivity index (χ4v) is 2.36. The van der Waals surface area contributed by atoms with Crippen LogP contribution in [0.3, 0.4) is 0 Å². The molecule has 0 radical (unpaired) electrons. The largest absolute Gasteiger partial charge is 0.394 e. The van der Waals surface area contributed by atoms with Crippen LogP contribution in [0.25, 0.3) is 0 Å². The number of aliphatic hydroxyl groups is 2. The molecule has 1 rings (SSSR count). The number of carbonyl (C=O) groups is 3. The number of Topliss-reactive ketones (excluding diaryl/α,β-unsaturated/α-hetero) is 1. The number of ether oxygens (including phenoxy) is 1. The predicted molar refractivity (Wildman–Crippen MR) is 90.6 cm³/mol. The maximum Gasteiger partial charge on any atom is 0.245 e. The van der Waals surface area contributed by atoms with E-state index < -0.39 is 42.6 Å². The Morgan fingerprint density at radius 2 is 1.76 bits per heavy atom. The maximum atomic E-state index is 12.5. The summed E-state index contributed by atoms with van der Waals surface area (Å²) in [5.41, 5.74) is -0.611. The van der Waals surface area contributed by atoms with E-state index in [-0.39, 0.29) is 31.3 Å². The molecular formula is C17H28N2O6. The Morgan fingerprint density at radius 3 is 2.16 bits per heavy atom. The molecule has 2 amide bonds. The van der Waals surface area contributed by atoms with Crippen LogP contribution in [0, 0.1) is 5.92 Å². The monoisotopic (exact) mass is 356 g/mol. The van der Waals surface area contributed by atoms with E-state index in [2.05, 4.69) is 17.2 Å². The summed E-state index contributed by atoms with van der Waals surface area (Å²) in [5, 5.41) is 23.7. The van der Waals surface area contributed by atoms with Crippen LogP contribution in [0.15, 0.2) is 12.2 Å². The Bertz CT molecular complexity index is 527. The highest BCUT2D eigenvalue weighted by Gasteiger charge is 2.54. The zero-order chi connectivity index (χ0) is 19.2. The van der Waals surface area contributed by atoms with E-state index >= 15 is 0 Å². The van der Waals surface area contributed by atoms with Gasteiger partial charge in [-0.3, -0.25) is 14.4 Å². The number of amides is 2. The molecule has 8 nitrogen and oxygen atoms in total. The lowest BCUT2D eigenvalue weighted by Crippen LogP contribution is -2.55. The maximum absolute atomic E-state index is 12.5. The van der Waals surface area contributed by atoms with Gasteiger partial charge in [0.1, 0.15) is 6.04 Å². The van der Waals surface area contributed by atoms with Crippen molar-refractivity contribution in [1.82, 2.24) is 10.6 Å². The van der Waals surface area contributed by atoms with Crippen LogP contribution < -0.4 is 10.6 Å². The van der Waals surface area contributed by atoms with Crippen molar-refractivity contribution in [3.8, 4) is 0 Å². The van der Waals surface area contributed by atoms with Gasteiger partial charge in [0.2, 0.25) is 11.8 Å². The molecule has 0 aromatic heterocycles. The molecule has 0 saturated carbocycles. The minimum absolute atomic E-state index is 0.0967. The molecular weight excluding hydrogens is 328 g/mol. The van der Waals surface area contributed by atoms with Gasteiger partial charge >= 0.3 is 0 Å². The van der Waals surface area contributed by atoms with Crippen molar-refractivity contribution in [3.63, 3.8) is 0 Å². The highest BCUT2D eigenvalue weighted by Crippen LogP contribution is 2.29. The van der Waals surface area contributed by atoms with Gasteiger partial charge < -0.3 is 25.6 Å². The lowest BCUT2D eigenvalue weighted by atomic mass is 9.94. The molecule has 0 aromatic rings. The average molecular weight is 356 g/mol. The first-order chi connectivity index (χ1) is 11.6. The van der Waals surface area contributed by atoms with Gasteiger partial charge in [0.15, 0.2) is 11.4 Å². The Hall–Kier alpha value is -1.77. The van der Waals surface area contributed by atoms with Crippen LogP contribution in [-0.2, 0) is 19.1 Å². The second-order valence-electron chi connectivity index (χ2n) is 6.93. The molecule has 142 valence electrons.